The lowest BCUT2D eigenvalue weighted by atomic mass is 10.1. The van der Waals surface area contributed by atoms with Crippen molar-refractivity contribution in [3.63, 3.8) is 0 Å². The number of halogens is 1. The lowest BCUT2D eigenvalue weighted by molar-refractivity contribution is -0.144. The van der Waals surface area contributed by atoms with Gasteiger partial charge in [-0.15, -0.1) is 0 Å². The molecule has 0 N–H and O–H groups in total. The van der Waals surface area contributed by atoms with Crippen LogP contribution in [0.25, 0.3) is 0 Å². The van der Waals surface area contributed by atoms with E-state index in [2.05, 4.69) is 15.9 Å². The minimum absolute atomic E-state index is 0.0634. The van der Waals surface area contributed by atoms with E-state index in [-0.39, 0.29) is 5.91 Å². The van der Waals surface area contributed by atoms with E-state index in [0.717, 1.165) is 22.9 Å². The quantitative estimate of drug-likeness (QED) is 0.793. The molecular formula is C12H14BrNO2. The minimum Gasteiger partial charge on any atom is -0.271 e. The number of nitrogens with zero attached hydrogens (tertiary/aromatic N) is 1. The first-order chi connectivity index (χ1) is 7.68. The van der Waals surface area contributed by atoms with Gasteiger partial charge in [0.2, 0.25) is 0 Å². The second-order valence-electron chi connectivity index (χ2n) is 3.93. The summed E-state index contributed by atoms with van der Waals surface area (Å²) in [6, 6.07) is 5.71. The fourth-order valence-electron chi connectivity index (χ4n) is 1.68. The summed E-state index contributed by atoms with van der Waals surface area (Å²) in [5, 5.41) is 1.46. The number of amides is 1. The third-order valence-electron chi connectivity index (χ3n) is 2.58. The Labute approximate surface area is 103 Å². The van der Waals surface area contributed by atoms with Crippen molar-refractivity contribution in [2.45, 2.75) is 19.8 Å². The molecule has 1 aromatic rings. The van der Waals surface area contributed by atoms with Gasteiger partial charge in [-0.25, -0.2) is 5.06 Å². The highest BCUT2D eigenvalue weighted by Crippen LogP contribution is 2.21. The van der Waals surface area contributed by atoms with Gasteiger partial charge in [-0.3, -0.25) is 9.63 Å². The SMILES string of the molecule is Cc1ccc(C(=O)N2CCCCO2)c(Br)c1. The number of carbonyl (C=O) groups is 1. The third kappa shape index (κ3) is 2.44. The van der Waals surface area contributed by atoms with Crippen LogP contribution in [-0.2, 0) is 4.84 Å². The Bertz CT molecular complexity index is 400. The van der Waals surface area contributed by atoms with Crippen molar-refractivity contribution in [3.05, 3.63) is 33.8 Å². The summed E-state index contributed by atoms with van der Waals surface area (Å²) in [7, 11) is 0. The Kier molecular flexibility index (Phi) is 3.61. The number of hydroxylamine groups is 2. The molecule has 0 saturated carbocycles. The first-order valence-electron chi connectivity index (χ1n) is 5.39. The normalized spacial score (nSPS) is 16.2. The van der Waals surface area contributed by atoms with Crippen molar-refractivity contribution in [2.75, 3.05) is 13.2 Å². The highest BCUT2D eigenvalue weighted by molar-refractivity contribution is 9.10. The number of hydrogen-bond donors (Lipinski definition) is 0. The fourth-order valence-corrected chi connectivity index (χ4v) is 2.35. The van der Waals surface area contributed by atoms with Crippen LogP contribution in [-0.4, -0.2) is 24.1 Å². The largest absolute Gasteiger partial charge is 0.278 e. The van der Waals surface area contributed by atoms with Gasteiger partial charge in [0.1, 0.15) is 0 Å². The predicted molar refractivity (Wildman–Crippen MR) is 65.1 cm³/mol. The summed E-state index contributed by atoms with van der Waals surface area (Å²) in [6.07, 6.45) is 2.04. The molecule has 1 amide bonds. The van der Waals surface area contributed by atoms with Gasteiger partial charge in [0.05, 0.1) is 12.2 Å². The summed E-state index contributed by atoms with van der Waals surface area (Å²) in [4.78, 5) is 17.4. The van der Waals surface area contributed by atoms with Crippen molar-refractivity contribution in [3.8, 4) is 0 Å². The maximum atomic E-state index is 12.1. The molecule has 0 aliphatic carbocycles. The molecule has 0 atom stereocenters. The number of benzene rings is 1. The van der Waals surface area contributed by atoms with Crippen molar-refractivity contribution in [1.29, 1.82) is 0 Å². The number of hydrogen-bond acceptors (Lipinski definition) is 2. The number of carbonyl (C=O) groups excluding carboxylic acids is 1. The molecule has 0 radical (unpaired) electrons. The van der Waals surface area contributed by atoms with Crippen molar-refractivity contribution >= 4 is 21.8 Å². The van der Waals surface area contributed by atoms with E-state index in [4.69, 9.17) is 4.84 Å². The van der Waals surface area contributed by atoms with E-state index >= 15 is 0 Å². The van der Waals surface area contributed by atoms with Gasteiger partial charge in [0, 0.05) is 11.0 Å². The van der Waals surface area contributed by atoms with Crippen molar-refractivity contribution in [1.82, 2.24) is 5.06 Å². The van der Waals surface area contributed by atoms with Crippen LogP contribution in [0.3, 0.4) is 0 Å². The minimum atomic E-state index is -0.0634. The lowest BCUT2D eigenvalue weighted by Gasteiger charge is -2.26. The Morgan fingerprint density at radius 2 is 2.25 bits per heavy atom. The van der Waals surface area contributed by atoms with Gasteiger partial charge in [-0.1, -0.05) is 6.07 Å². The van der Waals surface area contributed by atoms with Crippen molar-refractivity contribution in [2.24, 2.45) is 0 Å². The molecule has 4 heteroatoms. The van der Waals surface area contributed by atoms with E-state index < -0.39 is 0 Å². The molecule has 1 aliphatic heterocycles. The summed E-state index contributed by atoms with van der Waals surface area (Å²) in [5.41, 5.74) is 1.79. The molecule has 1 aromatic carbocycles. The molecule has 1 heterocycles. The second kappa shape index (κ2) is 4.97. The molecule has 0 unspecified atom stereocenters. The molecule has 3 nitrogen and oxygen atoms in total. The molecule has 1 fully saturated rings. The van der Waals surface area contributed by atoms with E-state index in [0.29, 0.717) is 18.7 Å². The zero-order valence-corrected chi connectivity index (χ0v) is 10.8. The third-order valence-corrected chi connectivity index (χ3v) is 3.24. The van der Waals surface area contributed by atoms with Gasteiger partial charge in [0.15, 0.2) is 0 Å². The standard InChI is InChI=1S/C12H14BrNO2/c1-9-4-5-10(11(13)8-9)12(15)14-6-2-3-7-16-14/h4-5,8H,2-3,6-7H2,1H3. The summed E-state index contributed by atoms with van der Waals surface area (Å²) < 4.78 is 0.826. The summed E-state index contributed by atoms with van der Waals surface area (Å²) in [5.74, 6) is -0.0634. The first kappa shape index (κ1) is 11.6. The molecule has 1 aliphatic rings. The van der Waals surface area contributed by atoms with Crippen LogP contribution in [0.15, 0.2) is 22.7 Å². The highest BCUT2D eigenvalue weighted by atomic mass is 79.9. The lowest BCUT2D eigenvalue weighted by Crippen LogP contribution is -2.35. The molecule has 0 spiro atoms. The van der Waals surface area contributed by atoms with Crippen LogP contribution < -0.4 is 0 Å². The van der Waals surface area contributed by atoms with Crippen LogP contribution >= 0.6 is 15.9 Å². The van der Waals surface area contributed by atoms with E-state index in [1.807, 2.05) is 25.1 Å². The predicted octanol–water partition coefficient (Wildman–Crippen LogP) is 2.93. The van der Waals surface area contributed by atoms with Gasteiger partial charge in [-0.05, 0) is 53.4 Å². The Morgan fingerprint density at radius 3 is 2.88 bits per heavy atom. The van der Waals surface area contributed by atoms with Gasteiger partial charge >= 0.3 is 0 Å². The van der Waals surface area contributed by atoms with Gasteiger partial charge < -0.3 is 0 Å². The zero-order chi connectivity index (χ0) is 11.5. The maximum Gasteiger partial charge on any atom is 0.278 e. The molecule has 2 rings (SSSR count). The fraction of sp³-hybridized carbons (Fsp3) is 0.417. The molecule has 0 bridgehead atoms. The Morgan fingerprint density at radius 1 is 1.44 bits per heavy atom. The first-order valence-corrected chi connectivity index (χ1v) is 6.19. The molecule has 1 saturated heterocycles. The van der Waals surface area contributed by atoms with Crippen LogP contribution in [0.5, 0.6) is 0 Å². The van der Waals surface area contributed by atoms with Crippen LogP contribution in [0.4, 0.5) is 0 Å². The van der Waals surface area contributed by atoms with Gasteiger partial charge in [-0.2, -0.15) is 0 Å². The number of aryl methyl sites for hydroxylation is 1. The van der Waals surface area contributed by atoms with E-state index in [1.54, 1.807) is 0 Å². The van der Waals surface area contributed by atoms with Crippen LogP contribution in [0.1, 0.15) is 28.8 Å². The Hall–Kier alpha value is -0.870. The van der Waals surface area contributed by atoms with E-state index in [9.17, 15) is 4.79 Å². The average molecular weight is 284 g/mol. The second-order valence-corrected chi connectivity index (χ2v) is 4.79. The smallest absolute Gasteiger partial charge is 0.271 e. The zero-order valence-electron chi connectivity index (χ0n) is 9.20. The summed E-state index contributed by atoms with van der Waals surface area (Å²) >= 11 is 3.41. The van der Waals surface area contributed by atoms with E-state index in [1.165, 1.54) is 5.06 Å². The topological polar surface area (TPSA) is 29.5 Å². The Balaban J connectivity index is 2.19. The van der Waals surface area contributed by atoms with Crippen molar-refractivity contribution < 1.29 is 9.63 Å². The maximum absolute atomic E-state index is 12.1. The van der Waals surface area contributed by atoms with Crippen LogP contribution in [0, 0.1) is 6.92 Å². The van der Waals surface area contributed by atoms with Gasteiger partial charge in [0.25, 0.3) is 5.91 Å². The monoisotopic (exact) mass is 283 g/mol. The van der Waals surface area contributed by atoms with Crippen LogP contribution in [0.2, 0.25) is 0 Å². The molecule has 86 valence electrons. The summed E-state index contributed by atoms with van der Waals surface area (Å²) in [6.45, 7) is 3.31. The average Bonchev–Trinajstić information content (AvgIpc) is 2.29. The number of rotatable bonds is 1. The molecule has 16 heavy (non-hydrogen) atoms. The highest BCUT2D eigenvalue weighted by Gasteiger charge is 2.21. The molecule has 0 aromatic heterocycles. The molecular weight excluding hydrogens is 270 g/mol.